The van der Waals surface area contributed by atoms with Gasteiger partial charge in [-0.2, -0.15) is 5.10 Å². The second kappa shape index (κ2) is 7.39. The predicted octanol–water partition coefficient (Wildman–Crippen LogP) is 5.09. The maximum atomic E-state index is 6.36. The molecule has 0 bridgehead atoms. The minimum absolute atomic E-state index is 0.302. The smallest absolute Gasteiger partial charge is 0.131 e. The van der Waals surface area contributed by atoms with E-state index in [1.807, 2.05) is 30.7 Å². The molecular weight excluding hydrogens is 331 g/mol. The Morgan fingerprint density at radius 2 is 2.00 bits per heavy atom. The Balaban J connectivity index is 2.24. The summed E-state index contributed by atoms with van der Waals surface area (Å²) in [6, 6.07) is 5.49. The molecule has 1 aromatic carbocycles. The Kier molecular flexibility index (Phi) is 5.80. The number of aromatic nitrogens is 2. The average molecular weight is 348 g/mol. The summed E-state index contributed by atoms with van der Waals surface area (Å²) in [7, 11) is 0. The first-order valence-electron chi connectivity index (χ1n) is 6.82. The van der Waals surface area contributed by atoms with E-state index in [1.54, 1.807) is 6.07 Å². The molecule has 2 aromatic rings. The zero-order valence-electron chi connectivity index (χ0n) is 12.0. The number of rotatable bonds is 6. The van der Waals surface area contributed by atoms with Crippen molar-refractivity contribution in [3.63, 3.8) is 0 Å². The van der Waals surface area contributed by atoms with Crippen molar-refractivity contribution >= 4 is 34.8 Å². The van der Waals surface area contributed by atoms with Crippen molar-refractivity contribution in [3.05, 3.63) is 45.2 Å². The van der Waals surface area contributed by atoms with Crippen molar-refractivity contribution in [3.8, 4) is 5.75 Å². The first-order chi connectivity index (χ1) is 10.1. The van der Waals surface area contributed by atoms with Crippen molar-refractivity contribution in [1.82, 2.24) is 9.78 Å². The molecule has 0 amide bonds. The average Bonchev–Trinajstić information content (AvgIpc) is 2.80. The van der Waals surface area contributed by atoms with Gasteiger partial charge in [0, 0.05) is 17.1 Å². The normalized spacial score (nSPS) is 10.9. The molecule has 6 heteroatoms. The van der Waals surface area contributed by atoms with Crippen LogP contribution in [0.5, 0.6) is 5.75 Å². The molecule has 0 aliphatic heterocycles. The third-order valence-corrected chi connectivity index (χ3v) is 4.33. The lowest BCUT2D eigenvalue weighted by molar-refractivity contribution is 0.290. The van der Waals surface area contributed by atoms with E-state index < -0.39 is 0 Å². The van der Waals surface area contributed by atoms with Crippen LogP contribution in [0.4, 0.5) is 0 Å². The Morgan fingerprint density at radius 1 is 1.24 bits per heavy atom. The molecule has 0 unspecified atom stereocenters. The molecule has 1 aromatic heterocycles. The molecule has 0 fully saturated rings. The van der Waals surface area contributed by atoms with Gasteiger partial charge in [0.2, 0.25) is 0 Å². The summed E-state index contributed by atoms with van der Waals surface area (Å²) >= 11 is 18.4. The monoisotopic (exact) mass is 346 g/mol. The van der Waals surface area contributed by atoms with Gasteiger partial charge in [0.1, 0.15) is 12.4 Å². The number of ether oxygens (including phenoxy) is 1. The maximum absolute atomic E-state index is 6.36. The largest absolute Gasteiger partial charge is 0.487 e. The molecule has 0 radical (unpaired) electrons. The lowest BCUT2D eigenvalue weighted by atomic mass is 10.2. The number of nitrogens with zero attached hydrogens (tertiary/aromatic N) is 2. The fourth-order valence-electron chi connectivity index (χ4n) is 2.11. The minimum atomic E-state index is 0.302. The van der Waals surface area contributed by atoms with Gasteiger partial charge < -0.3 is 4.74 Å². The van der Waals surface area contributed by atoms with Crippen molar-refractivity contribution in [1.29, 1.82) is 0 Å². The van der Waals surface area contributed by atoms with E-state index in [4.69, 9.17) is 39.5 Å². The van der Waals surface area contributed by atoms with Crippen LogP contribution in [-0.4, -0.2) is 9.78 Å². The zero-order chi connectivity index (χ0) is 15.4. The summed E-state index contributed by atoms with van der Waals surface area (Å²) in [6.45, 7) is 5.14. The maximum Gasteiger partial charge on any atom is 0.131 e. The number of hydrogen-bond acceptors (Lipinski definition) is 2. The van der Waals surface area contributed by atoms with Crippen LogP contribution in [0.3, 0.4) is 0 Å². The van der Waals surface area contributed by atoms with E-state index in [0.717, 1.165) is 29.9 Å². The lowest BCUT2D eigenvalue weighted by Gasteiger charge is -2.12. The van der Waals surface area contributed by atoms with E-state index in [9.17, 15) is 0 Å². The van der Waals surface area contributed by atoms with Crippen LogP contribution in [0.1, 0.15) is 30.8 Å². The first kappa shape index (κ1) is 16.5. The third kappa shape index (κ3) is 3.47. The molecule has 0 saturated heterocycles. The van der Waals surface area contributed by atoms with Crippen LogP contribution in [0.25, 0.3) is 0 Å². The molecule has 0 atom stereocenters. The van der Waals surface area contributed by atoms with Crippen molar-refractivity contribution in [2.45, 2.75) is 39.3 Å². The van der Waals surface area contributed by atoms with E-state index in [1.165, 1.54) is 0 Å². The number of hydrogen-bond donors (Lipinski definition) is 0. The van der Waals surface area contributed by atoms with Gasteiger partial charge in [0.15, 0.2) is 0 Å². The zero-order valence-corrected chi connectivity index (χ0v) is 14.3. The first-order valence-corrected chi connectivity index (χ1v) is 8.11. The topological polar surface area (TPSA) is 27.1 Å². The van der Waals surface area contributed by atoms with E-state index in [-0.39, 0.29) is 0 Å². The highest BCUT2D eigenvalue weighted by atomic mass is 35.5. The van der Waals surface area contributed by atoms with Gasteiger partial charge in [-0.1, -0.05) is 36.2 Å². The summed E-state index contributed by atoms with van der Waals surface area (Å²) in [4.78, 5) is 0. The second-order valence-corrected chi connectivity index (χ2v) is 5.57. The van der Waals surface area contributed by atoms with Crippen LogP contribution >= 0.6 is 34.8 Å². The highest BCUT2D eigenvalue weighted by Crippen LogP contribution is 2.30. The number of aryl methyl sites for hydroxylation is 2. The molecule has 1 heterocycles. The molecule has 114 valence electrons. The third-order valence-electron chi connectivity index (χ3n) is 3.27. The SMILES string of the molecule is CCc1nn(CC)c(COc2cccc(Cl)c2CCl)c1Cl. The molecule has 21 heavy (non-hydrogen) atoms. The standard InChI is InChI=1S/C15H17Cl3N2O/c1-3-12-15(18)13(20(4-2)19-12)9-21-14-7-5-6-11(17)10(14)8-16/h5-7H,3-4,8-9H2,1-2H3. The Morgan fingerprint density at radius 3 is 2.62 bits per heavy atom. The summed E-state index contributed by atoms with van der Waals surface area (Å²) in [5.41, 5.74) is 2.55. The Labute approximate surface area is 139 Å². The van der Waals surface area contributed by atoms with Crippen molar-refractivity contribution in [2.24, 2.45) is 0 Å². The Hall–Kier alpha value is -0.900. The highest BCUT2D eigenvalue weighted by Gasteiger charge is 2.16. The lowest BCUT2D eigenvalue weighted by Crippen LogP contribution is -2.07. The number of halogens is 3. The van der Waals surface area contributed by atoms with Gasteiger partial charge in [-0.3, -0.25) is 4.68 Å². The van der Waals surface area contributed by atoms with Gasteiger partial charge in [-0.05, 0) is 25.5 Å². The van der Waals surface area contributed by atoms with E-state index in [2.05, 4.69) is 5.10 Å². The van der Waals surface area contributed by atoms with Crippen LogP contribution in [-0.2, 0) is 25.5 Å². The molecular formula is C15H17Cl3N2O. The fraction of sp³-hybridized carbons (Fsp3) is 0.400. The van der Waals surface area contributed by atoms with Gasteiger partial charge in [-0.15, -0.1) is 11.6 Å². The number of alkyl halides is 1. The second-order valence-electron chi connectivity index (χ2n) is 4.52. The summed E-state index contributed by atoms with van der Waals surface area (Å²) in [5.74, 6) is 0.978. The van der Waals surface area contributed by atoms with E-state index in [0.29, 0.717) is 28.3 Å². The Bertz CT molecular complexity index is 626. The number of benzene rings is 1. The molecule has 0 saturated carbocycles. The predicted molar refractivity (Wildman–Crippen MR) is 87.6 cm³/mol. The molecule has 0 aliphatic carbocycles. The molecule has 0 spiro atoms. The van der Waals surface area contributed by atoms with Gasteiger partial charge >= 0.3 is 0 Å². The van der Waals surface area contributed by atoms with Crippen LogP contribution < -0.4 is 4.74 Å². The molecule has 3 nitrogen and oxygen atoms in total. The van der Waals surface area contributed by atoms with Crippen molar-refractivity contribution < 1.29 is 4.74 Å². The van der Waals surface area contributed by atoms with Crippen molar-refractivity contribution in [2.75, 3.05) is 0 Å². The van der Waals surface area contributed by atoms with Gasteiger partial charge in [0.25, 0.3) is 0 Å². The van der Waals surface area contributed by atoms with Crippen LogP contribution in [0.2, 0.25) is 10.0 Å². The molecule has 0 aliphatic rings. The quantitative estimate of drug-likeness (QED) is 0.681. The van der Waals surface area contributed by atoms with Gasteiger partial charge in [0.05, 0.1) is 22.3 Å². The molecule has 2 rings (SSSR count). The molecule has 0 N–H and O–H groups in total. The minimum Gasteiger partial charge on any atom is -0.487 e. The summed E-state index contributed by atoms with van der Waals surface area (Å²) in [6.07, 6.45) is 0.795. The highest BCUT2D eigenvalue weighted by molar-refractivity contribution is 6.32. The van der Waals surface area contributed by atoms with Crippen LogP contribution in [0.15, 0.2) is 18.2 Å². The summed E-state index contributed by atoms with van der Waals surface area (Å²) in [5, 5.41) is 5.75. The fourth-order valence-corrected chi connectivity index (χ4v) is 3.01. The summed E-state index contributed by atoms with van der Waals surface area (Å²) < 4.78 is 7.73. The van der Waals surface area contributed by atoms with Crippen LogP contribution in [0, 0.1) is 0 Å². The van der Waals surface area contributed by atoms with Gasteiger partial charge in [-0.25, -0.2) is 0 Å². The van der Waals surface area contributed by atoms with E-state index >= 15 is 0 Å².